The summed E-state index contributed by atoms with van der Waals surface area (Å²) in [5.74, 6) is -0.417. The molecule has 0 radical (unpaired) electrons. The third kappa shape index (κ3) is 2.95. The molecule has 0 aromatic heterocycles. The summed E-state index contributed by atoms with van der Waals surface area (Å²) in [6.45, 7) is 2.88. The Hall–Kier alpha value is -0.620. The van der Waals surface area contributed by atoms with Crippen molar-refractivity contribution in [2.75, 3.05) is 13.1 Å². The Bertz CT molecular complexity index is 294. The van der Waals surface area contributed by atoms with Crippen molar-refractivity contribution in [3.8, 4) is 0 Å². The van der Waals surface area contributed by atoms with Crippen molar-refractivity contribution in [1.82, 2.24) is 9.03 Å². The van der Waals surface area contributed by atoms with Crippen molar-refractivity contribution in [3.05, 3.63) is 0 Å². The maximum absolute atomic E-state index is 11.5. The third-order valence-electron chi connectivity index (χ3n) is 2.12. The van der Waals surface area contributed by atoms with E-state index in [4.69, 9.17) is 0 Å². The van der Waals surface area contributed by atoms with E-state index in [1.165, 1.54) is 4.31 Å². The van der Waals surface area contributed by atoms with E-state index >= 15 is 0 Å². The Labute approximate surface area is 84.7 Å². The van der Waals surface area contributed by atoms with Gasteiger partial charge in [-0.1, -0.05) is 6.92 Å². The second-order valence-corrected chi connectivity index (χ2v) is 5.06. The molecule has 1 saturated heterocycles. The van der Waals surface area contributed by atoms with Crippen LogP contribution in [0.25, 0.3) is 0 Å². The third-order valence-corrected chi connectivity index (χ3v) is 3.66. The summed E-state index contributed by atoms with van der Waals surface area (Å²) in [4.78, 5) is 11.1. The average molecular weight is 220 g/mol. The van der Waals surface area contributed by atoms with E-state index in [2.05, 4.69) is 4.72 Å². The molecule has 1 rings (SSSR count). The van der Waals surface area contributed by atoms with Crippen molar-refractivity contribution in [2.24, 2.45) is 0 Å². The van der Waals surface area contributed by atoms with Crippen molar-refractivity contribution >= 4 is 16.1 Å². The average Bonchev–Trinajstić information content (AvgIpc) is 2.54. The largest absolute Gasteiger partial charge is 0.303 e. The van der Waals surface area contributed by atoms with Gasteiger partial charge in [0.1, 0.15) is 0 Å². The maximum atomic E-state index is 11.5. The van der Waals surface area contributed by atoms with Gasteiger partial charge < -0.3 is 0 Å². The topological polar surface area (TPSA) is 66.5 Å². The molecule has 1 N–H and O–H groups in total. The van der Waals surface area contributed by atoms with Gasteiger partial charge in [0.15, 0.2) is 0 Å². The van der Waals surface area contributed by atoms with E-state index in [1.54, 1.807) is 0 Å². The molecular weight excluding hydrogens is 204 g/mol. The van der Waals surface area contributed by atoms with E-state index in [1.807, 2.05) is 6.92 Å². The normalized spacial score (nSPS) is 18.4. The van der Waals surface area contributed by atoms with E-state index in [-0.39, 0.29) is 6.42 Å². The van der Waals surface area contributed by atoms with Gasteiger partial charge in [-0.25, -0.2) is 4.72 Å². The molecule has 14 heavy (non-hydrogen) atoms. The van der Waals surface area contributed by atoms with Gasteiger partial charge in [0.05, 0.1) is 0 Å². The van der Waals surface area contributed by atoms with Crippen LogP contribution >= 0.6 is 0 Å². The fourth-order valence-electron chi connectivity index (χ4n) is 1.41. The minimum absolute atomic E-state index is 0.257. The molecule has 1 aliphatic heterocycles. The zero-order chi connectivity index (χ0) is 10.6. The standard InChI is InChI=1S/C8H16N2O3S/c1-2-5-8(11)9-14(12,13)10-6-3-4-7-10/h2-7H2,1H3,(H,9,11). The van der Waals surface area contributed by atoms with Gasteiger partial charge in [-0.3, -0.25) is 4.79 Å². The zero-order valence-corrected chi connectivity index (χ0v) is 9.14. The lowest BCUT2D eigenvalue weighted by molar-refractivity contribution is -0.119. The lowest BCUT2D eigenvalue weighted by Crippen LogP contribution is -2.41. The molecular formula is C8H16N2O3S. The predicted molar refractivity (Wildman–Crippen MR) is 52.8 cm³/mol. The number of rotatable bonds is 4. The van der Waals surface area contributed by atoms with Gasteiger partial charge in [-0.15, -0.1) is 0 Å². The summed E-state index contributed by atoms with van der Waals surface area (Å²) in [7, 11) is -3.55. The Morgan fingerprint density at radius 3 is 2.43 bits per heavy atom. The molecule has 1 amide bonds. The Morgan fingerprint density at radius 1 is 1.36 bits per heavy atom. The van der Waals surface area contributed by atoms with E-state index in [0.717, 1.165) is 12.8 Å². The van der Waals surface area contributed by atoms with Crippen LogP contribution in [0.15, 0.2) is 0 Å². The van der Waals surface area contributed by atoms with Crippen molar-refractivity contribution in [2.45, 2.75) is 32.6 Å². The molecule has 0 aromatic carbocycles. The Kier molecular flexibility index (Phi) is 3.88. The minimum Gasteiger partial charge on any atom is -0.274 e. The van der Waals surface area contributed by atoms with Crippen LogP contribution in [-0.4, -0.2) is 31.7 Å². The summed E-state index contributed by atoms with van der Waals surface area (Å²) in [5, 5.41) is 0. The second kappa shape index (κ2) is 4.75. The van der Waals surface area contributed by atoms with Crippen molar-refractivity contribution < 1.29 is 13.2 Å². The van der Waals surface area contributed by atoms with E-state index in [0.29, 0.717) is 19.5 Å². The number of hydrogen-bond donors (Lipinski definition) is 1. The molecule has 1 fully saturated rings. The number of nitrogens with one attached hydrogen (secondary N) is 1. The molecule has 0 saturated carbocycles. The molecule has 1 heterocycles. The second-order valence-electron chi connectivity index (χ2n) is 3.39. The molecule has 5 nitrogen and oxygen atoms in total. The number of hydrogen-bond acceptors (Lipinski definition) is 3. The Balaban J connectivity index is 2.52. The van der Waals surface area contributed by atoms with Crippen LogP contribution in [0, 0.1) is 0 Å². The zero-order valence-electron chi connectivity index (χ0n) is 8.32. The highest BCUT2D eigenvalue weighted by Gasteiger charge is 2.26. The molecule has 0 aliphatic carbocycles. The number of carbonyl (C=O) groups is 1. The number of nitrogens with zero attached hydrogens (tertiary/aromatic N) is 1. The molecule has 82 valence electrons. The van der Waals surface area contributed by atoms with Crippen molar-refractivity contribution in [1.29, 1.82) is 0 Å². The highest BCUT2D eigenvalue weighted by Crippen LogP contribution is 2.11. The quantitative estimate of drug-likeness (QED) is 0.738. The monoisotopic (exact) mass is 220 g/mol. The molecule has 6 heteroatoms. The van der Waals surface area contributed by atoms with Crippen molar-refractivity contribution in [3.63, 3.8) is 0 Å². The molecule has 0 atom stereocenters. The first-order valence-corrected chi connectivity index (χ1v) is 6.31. The fraction of sp³-hybridized carbons (Fsp3) is 0.875. The van der Waals surface area contributed by atoms with Crippen LogP contribution in [0.4, 0.5) is 0 Å². The predicted octanol–water partition coefficient (Wildman–Crippen LogP) is 0.243. The van der Waals surface area contributed by atoms with Crippen LogP contribution in [-0.2, 0) is 15.0 Å². The molecule has 1 aliphatic rings. The van der Waals surface area contributed by atoms with Crippen LogP contribution in [0.2, 0.25) is 0 Å². The van der Waals surface area contributed by atoms with Gasteiger partial charge in [-0.05, 0) is 19.3 Å². The molecule has 0 unspecified atom stereocenters. The van der Waals surface area contributed by atoms with Gasteiger partial charge in [0.25, 0.3) is 0 Å². The fourth-order valence-corrected chi connectivity index (χ4v) is 2.67. The molecule has 0 bridgehead atoms. The molecule has 0 spiro atoms. The van der Waals surface area contributed by atoms with E-state index in [9.17, 15) is 13.2 Å². The highest BCUT2D eigenvalue weighted by atomic mass is 32.2. The van der Waals surface area contributed by atoms with Crippen LogP contribution in [0.3, 0.4) is 0 Å². The summed E-state index contributed by atoms with van der Waals surface area (Å²) >= 11 is 0. The van der Waals surface area contributed by atoms with Crippen LogP contribution < -0.4 is 4.72 Å². The summed E-state index contributed by atoms with van der Waals surface area (Å²) in [6.07, 6.45) is 2.67. The minimum atomic E-state index is -3.55. The number of carbonyl (C=O) groups excluding carboxylic acids is 1. The summed E-state index contributed by atoms with van der Waals surface area (Å²) in [5.41, 5.74) is 0. The molecule has 0 aromatic rings. The van der Waals surface area contributed by atoms with Crippen LogP contribution in [0.5, 0.6) is 0 Å². The van der Waals surface area contributed by atoms with Gasteiger partial charge >= 0.3 is 10.2 Å². The smallest absolute Gasteiger partial charge is 0.274 e. The van der Waals surface area contributed by atoms with Gasteiger partial charge in [0, 0.05) is 19.5 Å². The first-order chi connectivity index (χ1) is 6.56. The summed E-state index contributed by atoms with van der Waals surface area (Å²) < 4.78 is 26.4. The lowest BCUT2D eigenvalue weighted by Gasteiger charge is -2.15. The SMILES string of the molecule is CCCC(=O)NS(=O)(=O)N1CCCC1. The first kappa shape index (κ1) is 11.5. The first-order valence-electron chi connectivity index (χ1n) is 4.87. The van der Waals surface area contributed by atoms with E-state index < -0.39 is 16.1 Å². The van der Waals surface area contributed by atoms with Gasteiger partial charge in [0.2, 0.25) is 5.91 Å². The number of amides is 1. The van der Waals surface area contributed by atoms with Gasteiger partial charge in [-0.2, -0.15) is 12.7 Å². The maximum Gasteiger partial charge on any atom is 0.303 e. The lowest BCUT2D eigenvalue weighted by atomic mass is 10.3. The Morgan fingerprint density at radius 2 is 1.93 bits per heavy atom. The van der Waals surface area contributed by atoms with Crippen LogP contribution in [0.1, 0.15) is 32.6 Å². The summed E-state index contributed by atoms with van der Waals surface area (Å²) in [6, 6.07) is 0. The highest BCUT2D eigenvalue weighted by molar-refractivity contribution is 7.87.